The van der Waals surface area contributed by atoms with Crippen molar-refractivity contribution in [2.24, 2.45) is 5.73 Å². The Labute approximate surface area is 86.4 Å². The topological polar surface area (TPSA) is 67.6 Å². The minimum atomic E-state index is -0.356. The van der Waals surface area contributed by atoms with Crippen LogP contribution in [-0.4, -0.2) is 15.0 Å². The monoisotopic (exact) mass is 206 g/mol. The first kappa shape index (κ1) is 9.79. The lowest BCUT2D eigenvalue weighted by Crippen LogP contribution is -1.98. The summed E-state index contributed by atoms with van der Waals surface area (Å²) in [5.74, 6) is 0.347. The minimum absolute atomic E-state index is 0.349. The van der Waals surface area contributed by atoms with Gasteiger partial charge in [-0.3, -0.25) is 4.98 Å². The first-order valence-corrected chi connectivity index (χ1v) is 4.58. The molecule has 0 saturated carbocycles. The highest BCUT2D eigenvalue weighted by atomic mass is 19.1. The molecule has 4 nitrogen and oxygen atoms in total. The van der Waals surface area contributed by atoms with Gasteiger partial charge >= 0.3 is 0 Å². The predicted molar refractivity (Wildman–Crippen MR) is 54.4 cm³/mol. The van der Waals surface area contributed by atoms with Gasteiger partial charge in [-0.15, -0.1) is 0 Å². The van der Waals surface area contributed by atoms with Crippen molar-refractivity contribution in [3.63, 3.8) is 0 Å². The molecule has 0 radical (unpaired) electrons. The van der Waals surface area contributed by atoms with Crippen molar-refractivity contribution in [3.8, 4) is 11.4 Å². The smallest absolute Gasteiger partial charge is 0.141 e. The van der Waals surface area contributed by atoms with E-state index in [4.69, 9.17) is 5.73 Å². The number of hydrogen-bond donors (Lipinski definition) is 2. The first-order chi connectivity index (χ1) is 7.20. The van der Waals surface area contributed by atoms with Crippen LogP contribution in [0.5, 0.6) is 0 Å². The number of imidazole rings is 1. The maximum absolute atomic E-state index is 12.7. The molecule has 2 heterocycles. The lowest BCUT2D eigenvalue weighted by atomic mass is 10.2. The summed E-state index contributed by atoms with van der Waals surface area (Å²) in [5, 5.41) is 0. The van der Waals surface area contributed by atoms with Gasteiger partial charge in [0.15, 0.2) is 0 Å². The Bertz CT molecular complexity index is 461. The molecule has 0 aliphatic heterocycles. The Morgan fingerprint density at radius 2 is 2.27 bits per heavy atom. The van der Waals surface area contributed by atoms with Crippen LogP contribution in [0.15, 0.2) is 18.3 Å². The van der Waals surface area contributed by atoms with Crippen LogP contribution in [0.2, 0.25) is 0 Å². The van der Waals surface area contributed by atoms with Crippen LogP contribution in [0.25, 0.3) is 11.4 Å². The Kier molecular flexibility index (Phi) is 2.47. The van der Waals surface area contributed by atoms with E-state index in [0.29, 0.717) is 18.1 Å². The van der Waals surface area contributed by atoms with Crippen LogP contribution in [0, 0.1) is 12.7 Å². The molecule has 0 saturated heterocycles. The van der Waals surface area contributed by atoms with E-state index in [2.05, 4.69) is 15.0 Å². The van der Waals surface area contributed by atoms with E-state index in [0.717, 1.165) is 11.4 Å². The number of aromatic nitrogens is 3. The number of nitrogens with one attached hydrogen (secondary N) is 1. The number of halogens is 1. The Morgan fingerprint density at radius 3 is 2.80 bits per heavy atom. The molecule has 0 aromatic carbocycles. The van der Waals surface area contributed by atoms with Crippen LogP contribution in [0.1, 0.15) is 11.5 Å². The van der Waals surface area contributed by atoms with Gasteiger partial charge < -0.3 is 10.7 Å². The molecular formula is C10H11FN4. The fourth-order valence-electron chi connectivity index (χ4n) is 1.38. The minimum Gasteiger partial charge on any atom is -0.344 e. The molecule has 0 fully saturated rings. The number of rotatable bonds is 2. The zero-order valence-electron chi connectivity index (χ0n) is 8.29. The highest BCUT2D eigenvalue weighted by Crippen LogP contribution is 2.18. The van der Waals surface area contributed by atoms with Crippen LogP contribution < -0.4 is 5.73 Å². The maximum atomic E-state index is 12.7. The Balaban J connectivity index is 2.44. The second kappa shape index (κ2) is 3.78. The van der Waals surface area contributed by atoms with Gasteiger partial charge in [-0.2, -0.15) is 0 Å². The van der Waals surface area contributed by atoms with Crippen molar-refractivity contribution in [2.45, 2.75) is 13.5 Å². The average molecular weight is 206 g/mol. The molecule has 78 valence electrons. The molecule has 15 heavy (non-hydrogen) atoms. The van der Waals surface area contributed by atoms with Gasteiger partial charge in [-0.25, -0.2) is 9.37 Å². The van der Waals surface area contributed by atoms with Gasteiger partial charge in [-0.05, 0) is 19.1 Å². The second-order valence-corrected chi connectivity index (χ2v) is 3.22. The van der Waals surface area contributed by atoms with Gasteiger partial charge in [0.1, 0.15) is 17.3 Å². The number of nitrogens with zero attached hydrogens (tertiary/aromatic N) is 2. The van der Waals surface area contributed by atoms with Gasteiger partial charge in [0, 0.05) is 5.69 Å². The van der Waals surface area contributed by atoms with E-state index < -0.39 is 0 Å². The molecule has 0 unspecified atom stereocenters. The van der Waals surface area contributed by atoms with E-state index in [1.807, 2.05) is 6.92 Å². The molecule has 2 rings (SSSR count). The summed E-state index contributed by atoms with van der Waals surface area (Å²) in [5.41, 5.74) is 7.71. The van der Waals surface area contributed by atoms with Crippen LogP contribution in [0.3, 0.4) is 0 Å². The highest BCUT2D eigenvalue weighted by molar-refractivity contribution is 5.56. The molecule has 0 spiro atoms. The summed E-state index contributed by atoms with van der Waals surface area (Å²) >= 11 is 0. The number of aryl methyl sites for hydroxylation is 1. The van der Waals surface area contributed by atoms with E-state index in [1.165, 1.54) is 12.3 Å². The van der Waals surface area contributed by atoms with Crippen LogP contribution >= 0.6 is 0 Å². The molecule has 0 amide bonds. The van der Waals surface area contributed by atoms with Crippen molar-refractivity contribution in [2.75, 3.05) is 0 Å². The van der Waals surface area contributed by atoms with E-state index in [9.17, 15) is 4.39 Å². The third kappa shape index (κ3) is 1.87. The van der Waals surface area contributed by atoms with Crippen LogP contribution in [0.4, 0.5) is 4.39 Å². The summed E-state index contributed by atoms with van der Waals surface area (Å²) < 4.78 is 12.7. The largest absolute Gasteiger partial charge is 0.344 e. The van der Waals surface area contributed by atoms with E-state index in [-0.39, 0.29) is 5.82 Å². The molecule has 0 aliphatic rings. The first-order valence-electron chi connectivity index (χ1n) is 4.58. The molecule has 0 atom stereocenters. The number of aromatic amines is 1. The van der Waals surface area contributed by atoms with E-state index >= 15 is 0 Å². The van der Waals surface area contributed by atoms with Crippen molar-refractivity contribution in [1.29, 1.82) is 0 Å². The number of hydrogen-bond acceptors (Lipinski definition) is 3. The van der Waals surface area contributed by atoms with Gasteiger partial charge in [0.05, 0.1) is 18.4 Å². The van der Waals surface area contributed by atoms with Crippen molar-refractivity contribution < 1.29 is 4.39 Å². The standard InChI is InChI=1S/C10H11FN4/c1-6-10(15-9(4-12)14-6)8-3-2-7(11)5-13-8/h2-3,5H,4,12H2,1H3,(H,14,15). The molecule has 2 aromatic heterocycles. The fraction of sp³-hybridized carbons (Fsp3) is 0.200. The lowest BCUT2D eigenvalue weighted by Gasteiger charge is -1.96. The summed E-state index contributed by atoms with van der Waals surface area (Å²) in [6.07, 6.45) is 1.17. The number of pyridine rings is 1. The van der Waals surface area contributed by atoms with Gasteiger partial charge in [0.2, 0.25) is 0 Å². The molecule has 0 aliphatic carbocycles. The normalized spacial score (nSPS) is 10.6. The van der Waals surface area contributed by atoms with Gasteiger partial charge in [0.25, 0.3) is 0 Å². The molecule has 2 aromatic rings. The van der Waals surface area contributed by atoms with Gasteiger partial charge in [-0.1, -0.05) is 0 Å². The molecule has 0 bridgehead atoms. The Morgan fingerprint density at radius 1 is 1.47 bits per heavy atom. The van der Waals surface area contributed by atoms with Crippen molar-refractivity contribution in [1.82, 2.24) is 15.0 Å². The third-order valence-corrected chi connectivity index (χ3v) is 2.10. The summed E-state index contributed by atoms with van der Waals surface area (Å²) in [6.45, 7) is 2.23. The SMILES string of the molecule is Cc1[nH]c(CN)nc1-c1ccc(F)cn1. The van der Waals surface area contributed by atoms with Crippen molar-refractivity contribution >= 4 is 0 Å². The average Bonchev–Trinajstić information content (AvgIpc) is 2.61. The lowest BCUT2D eigenvalue weighted by molar-refractivity contribution is 0.622. The predicted octanol–water partition coefficient (Wildman–Crippen LogP) is 1.38. The summed E-state index contributed by atoms with van der Waals surface area (Å²) in [7, 11) is 0. The fourth-order valence-corrected chi connectivity index (χ4v) is 1.38. The van der Waals surface area contributed by atoms with E-state index in [1.54, 1.807) is 6.07 Å². The second-order valence-electron chi connectivity index (χ2n) is 3.22. The highest BCUT2D eigenvalue weighted by Gasteiger charge is 2.08. The zero-order chi connectivity index (χ0) is 10.8. The van der Waals surface area contributed by atoms with Crippen LogP contribution in [-0.2, 0) is 6.54 Å². The molecule has 3 N–H and O–H groups in total. The summed E-state index contributed by atoms with van der Waals surface area (Å²) in [4.78, 5) is 11.3. The maximum Gasteiger partial charge on any atom is 0.141 e. The summed E-state index contributed by atoms with van der Waals surface area (Å²) in [6, 6.07) is 2.96. The quantitative estimate of drug-likeness (QED) is 0.780. The third-order valence-electron chi connectivity index (χ3n) is 2.10. The number of nitrogens with two attached hydrogens (primary N) is 1. The molecular weight excluding hydrogens is 195 g/mol. The Hall–Kier alpha value is -1.75. The molecule has 5 heteroatoms. The van der Waals surface area contributed by atoms with Crippen molar-refractivity contribution in [3.05, 3.63) is 35.7 Å². The zero-order valence-corrected chi connectivity index (χ0v) is 8.29. The number of H-pyrrole nitrogens is 1.